The Hall–Kier alpha value is -2.71. The maximum atomic E-state index is 12.3. The molecule has 3 N–H and O–H groups in total. The van der Waals surface area contributed by atoms with Crippen molar-refractivity contribution >= 4 is 29.8 Å². The number of hydrogen-bond acceptors (Lipinski definition) is 7. The summed E-state index contributed by atoms with van der Waals surface area (Å²) >= 11 is 1.47. The summed E-state index contributed by atoms with van der Waals surface area (Å²) in [5, 5.41) is 9.43. The van der Waals surface area contributed by atoms with Gasteiger partial charge in [0, 0.05) is 53.1 Å². The number of carbonyl (C=O) groups excluding carboxylic acids is 2. The van der Waals surface area contributed by atoms with Gasteiger partial charge in [0.15, 0.2) is 5.78 Å². The lowest BCUT2D eigenvalue weighted by atomic mass is 10.1. The van der Waals surface area contributed by atoms with Gasteiger partial charge in [-0.1, -0.05) is 30.3 Å². The van der Waals surface area contributed by atoms with Crippen molar-refractivity contribution in [3.05, 3.63) is 64.1 Å². The highest BCUT2D eigenvalue weighted by molar-refractivity contribution is 8.03. The van der Waals surface area contributed by atoms with Gasteiger partial charge in [0.1, 0.15) is 11.6 Å². The molecule has 1 aromatic carbocycles. The number of aryl methyl sites for hydroxylation is 1. The molecule has 0 aliphatic heterocycles. The minimum atomic E-state index is -0.0468. The van der Waals surface area contributed by atoms with Crippen LogP contribution in [0.15, 0.2) is 47.1 Å². The van der Waals surface area contributed by atoms with Crippen LogP contribution in [0.2, 0.25) is 0 Å². The van der Waals surface area contributed by atoms with Crippen LogP contribution < -0.4 is 5.73 Å². The van der Waals surface area contributed by atoms with E-state index in [1.54, 1.807) is 25.3 Å². The number of nitrogen functional groups attached to an aromatic ring is 1. The molecule has 0 saturated carbocycles. The molecular formula is C21H26N4O3S. The number of anilines is 1. The van der Waals surface area contributed by atoms with Crippen LogP contribution in [-0.4, -0.2) is 44.5 Å². The fraction of sp³-hybridized carbons (Fsp3) is 0.333. The molecule has 0 unspecified atom stereocenters. The number of amides is 1. The van der Waals surface area contributed by atoms with Gasteiger partial charge >= 0.3 is 0 Å². The van der Waals surface area contributed by atoms with E-state index in [2.05, 4.69) is 9.97 Å². The first-order valence-corrected chi connectivity index (χ1v) is 10.3. The van der Waals surface area contributed by atoms with Crippen molar-refractivity contribution in [1.82, 2.24) is 14.9 Å². The Morgan fingerprint density at radius 2 is 2.00 bits per heavy atom. The number of allylic oxidation sites excluding steroid dienone is 1. The topological polar surface area (TPSA) is 109 Å². The third-order valence-corrected chi connectivity index (χ3v) is 5.62. The molecule has 0 aliphatic carbocycles. The standard InChI is InChI=1S/C21H26N4O3S/c1-15(25(14-27)13-18-12-23-16(2)24-21(18)22)20(8-10-26)29-11-9-19(28)17-6-4-3-5-7-17/h3-7,12,14,26H,8-11,13H2,1-2H3,(H2,22,23,24). The number of aromatic nitrogens is 2. The van der Waals surface area contributed by atoms with E-state index in [0.717, 1.165) is 11.3 Å². The highest BCUT2D eigenvalue weighted by Crippen LogP contribution is 2.27. The Balaban J connectivity index is 2.07. The van der Waals surface area contributed by atoms with Crippen molar-refractivity contribution in [3.63, 3.8) is 0 Å². The molecule has 0 atom stereocenters. The van der Waals surface area contributed by atoms with Gasteiger partial charge in [0.2, 0.25) is 6.41 Å². The highest BCUT2D eigenvalue weighted by atomic mass is 32.2. The lowest BCUT2D eigenvalue weighted by molar-refractivity contribution is -0.116. The van der Waals surface area contributed by atoms with Gasteiger partial charge in [-0.25, -0.2) is 9.97 Å². The van der Waals surface area contributed by atoms with Crippen molar-refractivity contribution in [2.24, 2.45) is 0 Å². The predicted octanol–water partition coefficient (Wildman–Crippen LogP) is 2.95. The van der Waals surface area contributed by atoms with E-state index in [9.17, 15) is 14.7 Å². The van der Waals surface area contributed by atoms with Crippen LogP contribution in [0, 0.1) is 6.92 Å². The van der Waals surface area contributed by atoms with Crippen LogP contribution in [0.1, 0.15) is 41.5 Å². The van der Waals surface area contributed by atoms with E-state index in [4.69, 9.17) is 5.73 Å². The van der Waals surface area contributed by atoms with Crippen LogP contribution >= 0.6 is 11.8 Å². The first-order valence-electron chi connectivity index (χ1n) is 9.27. The van der Waals surface area contributed by atoms with Crippen molar-refractivity contribution in [2.75, 3.05) is 18.1 Å². The quantitative estimate of drug-likeness (QED) is 0.430. The zero-order valence-corrected chi connectivity index (χ0v) is 17.5. The number of nitrogens with two attached hydrogens (primary N) is 1. The van der Waals surface area contributed by atoms with Crippen LogP contribution in [-0.2, 0) is 11.3 Å². The first kappa shape index (κ1) is 22.6. The van der Waals surface area contributed by atoms with Crippen molar-refractivity contribution in [1.29, 1.82) is 0 Å². The number of Topliss-reactive ketones (excluding diaryl/α,β-unsaturated/α-hetero) is 1. The van der Waals surface area contributed by atoms with Crippen LogP contribution in [0.3, 0.4) is 0 Å². The summed E-state index contributed by atoms with van der Waals surface area (Å²) < 4.78 is 0. The molecule has 1 heterocycles. The zero-order valence-electron chi connectivity index (χ0n) is 16.7. The molecule has 0 bridgehead atoms. The molecule has 2 aromatic rings. The van der Waals surface area contributed by atoms with E-state index in [1.165, 1.54) is 16.7 Å². The van der Waals surface area contributed by atoms with Crippen LogP contribution in [0.5, 0.6) is 0 Å². The Morgan fingerprint density at radius 1 is 1.28 bits per heavy atom. The Bertz CT molecular complexity index is 871. The second kappa shape index (κ2) is 11.3. The predicted molar refractivity (Wildman–Crippen MR) is 115 cm³/mol. The summed E-state index contributed by atoms with van der Waals surface area (Å²) in [4.78, 5) is 34.6. The van der Waals surface area contributed by atoms with Crippen LogP contribution in [0.25, 0.3) is 0 Å². The third kappa shape index (κ3) is 6.69. The maximum absolute atomic E-state index is 12.3. The summed E-state index contributed by atoms with van der Waals surface area (Å²) in [5.41, 5.74) is 7.98. The summed E-state index contributed by atoms with van der Waals surface area (Å²) in [5.74, 6) is 1.52. The normalized spacial score (nSPS) is 11.7. The lowest BCUT2D eigenvalue weighted by Gasteiger charge is -2.22. The van der Waals surface area contributed by atoms with Gasteiger partial charge in [-0.15, -0.1) is 11.8 Å². The highest BCUT2D eigenvalue weighted by Gasteiger charge is 2.15. The molecule has 1 aromatic heterocycles. The van der Waals surface area contributed by atoms with E-state index in [0.29, 0.717) is 47.1 Å². The second-order valence-electron chi connectivity index (χ2n) is 6.43. The number of aliphatic hydroxyl groups excluding tert-OH is 1. The number of carbonyl (C=O) groups is 2. The number of ketones is 1. The Labute approximate surface area is 175 Å². The zero-order chi connectivity index (χ0) is 21.2. The molecule has 0 saturated heterocycles. The average Bonchev–Trinajstić information content (AvgIpc) is 2.72. The summed E-state index contributed by atoms with van der Waals surface area (Å²) in [6.45, 7) is 3.75. The van der Waals surface area contributed by atoms with Crippen molar-refractivity contribution in [2.45, 2.75) is 33.2 Å². The van der Waals surface area contributed by atoms with E-state index in [-0.39, 0.29) is 18.9 Å². The summed E-state index contributed by atoms with van der Waals surface area (Å²) in [6, 6.07) is 9.14. The smallest absolute Gasteiger partial charge is 0.214 e. The summed E-state index contributed by atoms with van der Waals surface area (Å²) in [6.07, 6.45) is 3.11. The van der Waals surface area contributed by atoms with Crippen LogP contribution in [0.4, 0.5) is 5.82 Å². The van der Waals surface area contributed by atoms with E-state index < -0.39 is 0 Å². The fourth-order valence-corrected chi connectivity index (χ4v) is 3.80. The number of nitrogens with zero attached hydrogens (tertiary/aromatic N) is 3. The molecule has 0 aliphatic rings. The molecule has 0 spiro atoms. The molecule has 8 heteroatoms. The van der Waals surface area contributed by atoms with E-state index >= 15 is 0 Å². The SMILES string of the molecule is CC(=C(CCO)SCCC(=O)c1ccccc1)N(C=O)Cc1cnc(C)nc1N. The average molecular weight is 415 g/mol. The summed E-state index contributed by atoms with van der Waals surface area (Å²) in [7, 11) is 0. The molecule has 0 radical (unpaired) electrons. The molecule has 1 amide bonds. The third-order valence-electron chi connectivity index (χ3n) is 4.36. The van der Waals surface area contributed by atoms with Crippen molar-refractivity contribution in [3.8, 4) is 0 Å². The number of thioether (sulfide) groups is 1. The number of hydrogen-bond donors (Lipinski definition) is 2. The van der Waals surface area contributed by atoms with Crippen molar-refractivity contribution < 1.29 is 14.7 Å². The second-order valence-corrected chi connectivity index (χ2v) is 7.62. The van der Waals surface area contributed by atoms with Gasteiger partial charge in [-0.2, -0.15) is 0 Å². The van der Waals surface area contributed by atoms with Gasteiger partial charge in [-0.3, -0.25) is 9.59 Å². The first-order chi connectivity index (χ1) is 14.0. The number of aliphatic hydroxyl groups is 1. The molecule has 29 heavy (non-hydrogen) atoms. The monoisotopic (exact) mass is 414 g/mol. The Kier molecular flexibility index (Phi) is 8.82. The fourth-order valence-electron chi connectivity index (χ4n) is 2.71. The number of rotatable bonds is 11. The molecule has 7 nitrogen and oxygen atoms in total. The largest absolute Gasteiger partial charge is 0.396 e. The molecule has 2 rings (SSSR count). The lowest BCUT2D eigenvalue weighted by Crippen LogP contribution is -2.22. The van der Waals surface area contributed by atoms with Gasteiger partial charge in [0.05, 0.1) is 6.54 Å². The van der Waals surface area contributed by atoms with Gasteiger partial charge in [-0.05, 0) is 13.8 Å². The minimum Gasteiger partial charge on any atom is -0.396 e. The van der Waals surface area contributed by atoms with E-state index in [1.807, 2.05) is 25.1 Å². The molecular weight excluding hydrogens is 388 g/mol. The maximum Gasteiger partial charge on any atom is 0.214 e. The van der Waals surface area contributed by atoms with Gasteiger partial charge in [0.25, 0.3) is 0 Å². The molecule has 154 valence electrons. The number of benzene rings is 1. The van der Waals surface area contributed by atoms with Gasteiger partial charge < -0.3 is 15.7 Å². The minimum absolute atomic E-state index is 0.0468. The Morgan fingerprint density at radius 3 is 2.62 bits per heavy atom. The molecule has 0 fully saturated rings.